The zero-order chi connectivity index (χ0) is 13.1. The van der Waals surface area contributed by atoms with E-state index in [4.69, 9.17) is 5.84 Å². The second kappa shape index (κ2) is 5.19. The summed E-state index contributed by atoms with van der Waals surface area (Å²) < 4.78 is 0. The fraction of sp³-hybridized carbons (Fsp3) is 0.462. The number of urea groups is 1. The number of aryl methyl sites for hydroxylation is 1. The van der Waals surface area contributed by atoms with Crippen molar-refractivity contribution in [2.45, 2.75) is 39.7 Å². The van der Waals surface area contributed by atoms with E-state index in [1.165, 1.54) is 11.1 Å². The van der Waals surface area contributed by atoms with Crippen LogP contribution in [0.5, 0.6) is 0 Å². The number of nitrogens with one attached hydrogen (secondary N) is 2. The third kappa shape index (κ3) is 3.75. The van der Waals surface area contributed by atoms with Crippen LogP contribution in [0.3, 0.4) is 0 Å². The normalized spacial score (nSPS) is 11.1. The number of nitrogens with two attached hydrogens (primary N) is 1. The monoisotopic (exact) mass is 235 g/mol. The molecule has 1 aromatic rings. The molecule has 0 saturated carbocycles. The largest absolute Gasteiger partial charge is 0.333 e. The molecule has 0 aliphatic rings. The minimum Gasteiger partial charge on any atom is -0.333 e. The Kier molecular flexibility index (Phi) is 4.12. The number of benzene rings is 1. The van der Waals surface area contributed by atoms with E-state index in [9.17, 15) is 4.79 Å². The van der Waals surface area contributed by atoms with Crippen LogP contribution in [0.15, 0.2) is 18.2 Å². The van der Waals surface area contributed by atoms with E-state index in [1.807, 2.05) is 18.4 Å². The molecular formula is C13H21N3O. The van der Waals surface area contributed by atoms with Gasteiger partial charge in [-0.1, -0.05) is 39.0 Å². The number of hydrazine groups is 1. The van der Waals surface area contributed by atoms with Gasteiger partial charge in [-0.3, -0.25) is 5.43 Å². The Labute approximate surface area is 103 Å². The molecule has 0 aliphatic carbocycles. The van der Waals surface area contributed by atoms with Gasteiger partial charge in [0.2, 0.25) is 0 Å². The number of hydrogen-bond donors (Lipinski definition) is 3. The van der Waals surface area contributed by atoms with Crippen LogP contribution in [-0.4, -0.2) is 6.03 Å². The van der Waals surface area contributed by atoms with Crippen LogP contribution in [0.2, 0.25) is 0 Å². The number of carbonyl (C=O) groups excluding carboxylic acids is 1. The third-order valence-corrected chi connectivity index (χ3v) is 2.78. The summed E-state index contributed by atoms with van der Waals surface area (Å²) >= 11 is 0. The minimum atomic E-state index is -0.371. The van der Waals surface area contributed by atoms with Crippen LogP contribution in [0.4, 0.5) is 4.79 Å². The van der Waals surface area contributed by atoms with Gasteiger partial charge in [0.05, 0.1) is 0 Å². The molecule has 0 unspecified atom stereocenters. The summed E-state index contributed by atoms with van der Waals surface area (Å²) in [4.78, 5) is 11.0. The summed E-state index contributed by atoms with van der Waals surface area (Å²) in [5.74, 6) is 4.99. The first-order chi connectivity index (χ1) is 7.84. The molecule has 4 N–H and O–H groups in total. The van der Waals surface area contributed by atoms with Crippen molar-refractivity contribution in [3.05, 3.63) is 34.9 Å². The second-order valence-corrected chi connectivity index (χ2v) is 5.22. The smallest absolute Gasteiger partial charge is 0.329 e. The lowest BCUT2D eigenvalue weighted by Crippen LogP contribution is -2.39. The summed E-state index contributed by atoms with van der Waals surface area (Å²) in [6.07, 6.45) is 0. The molecule has 0 heterocycles. The van der Waals surface area contributed by atoms with Crippen LogP contribution < -0.4 is 16.6 Å². The molecule has 0 bridgehead atoms. The van der Waals surface area contributed by atoms with E-state index in [-0.39, 0.29) is 11.4 Å². The van der Waals surface area contributed by atoms with Crippen LogP contribution in [0, 0.1) is 6.92 Å². The fourth-order valence-electron chi connectivity index (χ4n) is 1.59. The Balaban J connectivity index is 2.80. The molecule has 1 rings (SSSR count). The molecule has 0 fully saturated rings. The molecule has 94 valence electrons. The van der Waals surface area contributed by atoms with Crippen molar-refractivity contribution in [2.75, 3.05) is 0 Å². The number of amides is 2. The third-order valence-electron chi connectivity index (χ3n) is 2.78. The zero-order valence-electron chi connectivity index (χ0n) is 10.9. The van der Waals surface area contributed by atoms with E-state index in [0.29, 0.717) is 6.54 Å². The van der Waals surface area contributed by atoms with Gasteiger partial charge in [0, 0.05) is 6.54 Å². The molecule has 0 saturated heterocycles. The van der Waals surface area contributed by atoms with Crippen molar-refractivity contribution in [1.29, 1.82) is 0 Å². The average molecular weight is 235 g/mol. The summed E-state index contributed by atoms with van der Waals surface area (Å²) in [5, 5.41) is 2.67. The first kappa shape index (κ1) is 13.5. The van der Waals surface area contributed by atoms with Crippen LogP contribution >= 0.6 is 0 Å². The highest BCUT2D eigenvalue weighted by Crippen LogP contribution is 2.24. The maximum atomic E-state index is 11.0. The highest BCUT2D eigenvalue weighted by molar-refractivity contribution is 5.73. The van der Waals surface area contributed by atoms with Gasteiger partial charge in [0.1, 0.15) is 0 Å². The first-order valence-corrected chi connectivity index (χ1v) is 5.69. The van der Waals surface area contributed by atoms with Crippen molar-refractivity contribution in [2.24, 2.45) is 5.84 Å². The summed E-state index contributed by atoms with van der Waals surface area (Å²) in [6, 6.07) is 5.94. The van der Waals surface area contributed by atoms with E-state index in [2.05, 4.69) is 38.2 Å². The van der Waals surface area contributed by atoms with Crippen LogP contribution in [0.1, 0.15) is 37.5 Å². The van der Waals surface area contributed by atoms with Crippen molar-refractivity contribution >= 4 is 6.03 Å². The lowest BCUT2D eigenvalue weighted by molar-refractivity contribution is 0.241. The zero-order valence-corrected chi connectivity index (χ0v) is 10.9. The van der Waals surface area contributed by atoms with Gasteiger partial charge >= 0.3 is 6.03 Å². The standard InChI is InChI=1S/C13H21N3O/c1-9-7-11(13(2,3)4)6-5-10(9)8-15-12(17)16-14/h5-7H,8,14H2,1-4H3,(H2,15,16,17). The first-order valence-electron chi connectivity index (χ1n) is 5.69. The molecule has 0 aromatic heterocycles. The summed E-state index contributed by atoms with van der Waals surface area (Å²) in [6.45, 7) is 9.08. The van der Waals surface area contributed by atoms with Gasteiger partial charge in [-0.25, -0.2) is 10.6 Å². The molecule has 2 amide bonds. The lowest BCUT2D eigenvalue weighted by Gasteiger charge is -2.20. The number of hydrogen-bond acceptors (Lipinski definition) is 2. The summed E-state index contributed by atoms with van der Waals surface area (Å²) in [5.41, 5.74) is 5.75. The van der Waals surface area contributed by atoms with Gasteiger partial charge < -0.3 is 5.32 Å². The Morgan fingerprint density at radius 3 is 2.47 bits per heavy atom. The van der Waals surface area contributed by atoms with E-state index < -0.39 is 0 Å². The Hall–Kier alpha value is -1.55. The van der Waals surface area contributed by atoms with Gasteiger partial charge in [-0.15, -0.1) is 0 Å². The Bertz CT molecular complexity index is 408. The fourth-order valence-corrected chi connectivity index (χ4v) is 1.59. The van der Waals surface area contributed by atoms with E-state index in [1.54, 1.807) is 0 Å². The molecule has 0 aliphatic heterocycles. The topological polar surface area (TPSA) is 67.2 Å². The summed E-state index contributed by atoms with van der Waals surface area (Å²) in [7, 11) is 0. The number of rotatable bonds is 2. The van der Waals surface area contributed by atoms with Crippen molar-refractivity contribution < 1.29 is 4.79 Å². The van der Waals surface area contributed by atoms with Crippen LogP contribution in [0.25, 0.3) is 0 Å². The van der Waals surface area contributed by atoms with Gasteiger partial charge in [-0.05, 0) is 29.0 Å². The molecule has 0 spiro atoms. The van der Waals surface area contributed by atoms with E-state index in [0.717, 1.165) is 5.56 Å². The molecule has 1 aromatic carbocycles. The van der Waals surface area contributed by atoms with Gasteiger partial charge in [-0.2, -0.15) is 0 Å². The van der Waals surface area contributed by atoms with E-state index >= 15 is 0 Å². The van der Waals surface area contributed by atoms with Crippen LogP contribution in [-0.2, 0) is 12.0 Å². The maximum absolute atomic E-state index is 11.0. The van der Waals surface area contributed by atoms with Gasteiger partial charge in [0.25, 0.3) is 0 Å². The maximum Gasteiger partial charge on any atom is 0.329 e. The molecular weight excluding hydrogens is 214 g/mol. The second-order valence-electron chi connectivity index (χ2n) is 5.22. The molecule has 0 radical (unpaired) electrons. The SMILES string of the molecule is Cc1cc(C(C)(C)C)ccc1CNC(=O)NN. The Morgan fingerprint density at radius 1 is 1.35 bits per heavy atom. The minimum absolute atomic E-state index is 0.144. The predicted octanol–water partition coefficient (Wildman–Crippen LogP) is 1.97. The molecule has 0 atom stereocenters. The molecule has 4 nitrogen and oxygen atoms in total. The Morgan fingerprint density at radius 2 is 2.00 bits per heavy atom. The molecule has 17 heavy (non-hydrogen) atoms. The van der Waals surface area contributed by atoms with Crippen molar-refractivity contribution in [3.63, 3.8) is 0 Å². The lowest BCUT2D eigenvalue weighted by atomic mass is 9.85. The van der Waals surface area contributed by atoms with Crippen molar-refractivity contribution in [3.8, 4) is 0 Å². The average Bonchev–Trinajstić information content (AvgIpc) is 2.25. The highest BCUT2D eigenvalue weighted by Gasteiger charge is 2.14. The van der Waals surface area contributed by atoms with Gasteiger partial charge in [0.15, 0.2) is 0 Å². The van der Waals surface area contributed by atoms with Crippen molar-refractivity contribution in [1.82, 2.24) is 10.7 Å². The molecule has 4 heteroatoms. The predicted molar refractivity (Wildman–Crippen MR) is 69.4 cm³/mol. The quantitative estimate of drug-likeness (QED) is 0.417. The number of carbonyl (C=O) groups is 1. The highest BCUT2D eigenvalue weighted by atomic mass is 16.2.